The van der Waals surface area contributed by atoms with Crippen LogP contribution in [0.1, 0.15) is 25.3 Å². The van der Waals surface area contributed by atoms with Crippen molar-refractivity contribution in [2.24, 2.45) is 0 Å². The summed E-state index contributed by atoms with van der Waals surface area (Å²) < 4.78 is 8.49. The third kappa shape index (κ3) is 2.69. The molecule has 1 unspecified atom stereocenters. The summed E-state index contributed by atoms with van der Waals surface area (Å²) in [5.74, 6) is 0.902. The quantitative estimate of drug-likeness (QED) is 0.439. The minimum atomic E-state index is -1.13. The maximum atomic E-state index is 13.5. The van der Waals surface area contributed by atoms with E-state index in [-0.39, 0.29) is 17.9 Å². The van der Waals surface area contributed by atoms with Crippen LogP contribution in [0.4, 0.5) is 5.95 Å². The lowest BCUT2D eigenvalue weighted by atomic mass is 9.91. The summed E-state index contributed by atoms with van der Waals surface area (Å²) >= 11 is 0. The first-order chi connectivity index (χ1) is 15.6. The number of nitrogens with two attached hydrogens (primary N) is 1. The normalized spacial score (nSPS) is 15.8. The van der Waals surface area contributed by atoms with Gasteiger partial charge < -0.3 is 15.5 Å². The number of nitrogens with zero attached hydrogens (tertiary/aromatic N) is 6. The van der Waals surface area contributed by atoms with Crippen LogP contribution in [0.2, 0.25) is 0 Å². The predicted octanol–water partition coefficient (Wildman–Crippen LogP) is 2.36. The molecule has 5 aromatic rings. The third-order valence-electron chi connectivity index (χ3n) is 5.89. The number of amides is 1. The third-order valence-corrected chi connectivity index (χ3v) is 5.89. The van der Waals surface area contributed by atoms with Crippen molar-refractivity contribution in [1.29, 1.82) is 0 Å². The average Bonchev–Trinajstić information content (AvgIpc) is 3.21. The number of anilines is 1. The molecule has 1 saturated carbocycles. The molecule has 1 amide bonds. The lowest BCUT2D eigenvalue weighted by Gasteiger charge is -2.30. The van der Waals surface area contributed by atoms with Gasteiger partial charge in [-0.2, -0.15) is 14.6 Å². The van der Waals surface area contributed by atoms with Gasteiger partial charge in [-0.3, -0.25) is 4.79 Å². The number of hydrogen-bond acceptors (Lipinski definition) is 7. The van der Waals surface area contributed by atoms with Gasteiger partial charge in [-0.1, -0.05) is 30.3 Å². The molecule has 1 aliphatic carbocycles. The van der Waals surface area contributed by atoms with E-state index in [1.54, 1.807) is 29.3 Å². The molecule has 6 rings (SSSR count). The van der Waals surface area contributed by atoms with Gasteiger partial charge >= 0.3 is 0 Å². The molecule has 3 N–H and O–H groups in total. The number of fused-ring (bicyclic) bond motifs is 3. The number of benzene rings is 1. The number of nitrogens with one attached hydrogen (secondary N) is 1. The second-order valence-electron chi connectivity index (χ2n) is 8.10. The monoisotopic (exact) mass is 428 g/mol. The number of carbonyl (C=O) groups is 1. The smallest absolute Gasteiger partial charge is 0.252 e. The van der Waals surface area contributed by atoms with E-state index in [4.69, 9.17) is 10.2 Å². The lowest BCUT2D eigenvalue weighted by molar-refractivity contribution is -0.127. The first kappa shape index (κ1) is 18.6. The van der Waals surface area contributed by atoms with Gasteiger partial charge in [0, 0.05) is 6.04 Å². The Hall–Kier alpha value is -4.21. The second kappa shape index (κ2) is 6.64. The van der Waals surface area contributed by atoms with E-state index in [9.17, 15) is 4.79 Å². The fourth-order valence-electron chi connectivity index (χ4n) is 3.91. The van der Waals surface area contributed by atoms with Crippen molar-refractivity contribution in [2.75, 3.05) is 5.73 Å². The minimum Gasteiger partial charge on any atom is -0.461 e. The fourth-order valence-corrected chi connectivity index (χ4v) is 3.91. The highest BCUT2D eigenvalue weighted by molar-refractivity contribution is 5.94. The van der Waals surface area contributed by atoms with Gasteiger partial charge in [-0.15, -0.1) is 5.10 Å². The van der Waals surface area contributed by atoms with Gasteiger partial charge in [0.25, 0.3) is 5.91 Å². The number of aromatic nitrogens is 6. The average molecular weight is 428 g/mol. The van der Waals surface area contributed by atoms with Crippen LogP contribution in [-0.2, 0) is 10.3 Å². The summed E-state index contributed by atoms with van der Waals surface area (Å²) in [7, 11) is 0. The molecule has 0 bridgehead atoms. The highest BCUT2D eigenvalue weighted by Crippen LogP contribution is 2.32. The highest BCUT2D eigenvalue weighted by atomic mass is 16.3. The Morgan fingerprint density at radius 1 is 1.16 bits per heavy atom. The van der Waals surface area contributed by atoms with Gasteiger partial charge in [0.05, 0.1) is 17.8 Å². The molecule has 10 heteroatoms. The standard InChI is InChI=1S/C22H20N8O2/c1-22(13-6-3-2-4-7-13,20(31)25-14-9-10-14)30-19-15(12-24-30)18-26-17(16-8-5-11-32-16)28-29(18)21(23)27-19/h2-8,11-12,14H,9-10H2,1H3,(H2,23,27)(H,25,31). The maximum absolute atomic E-state index is 13.5. The van der Waals surface area contributed by atoms with Crippen LogP contribution >= 0.6 is 0 Å². The van der Waals surface area contributed by atoms with Gasteiger partial charge in [-0.05, 0) is 37.5 Å². The van der Waals surface area contributed by atoms with E-state index in [2.05, 4.69) is 25.5 Å². The highest BCUT2D eigenvalue weighted by Gasteiger charge is 2.42. The predicted molar refractivity (Wildman–Crippen MR) is 117 cm³/mol. The molecule has 1 aliphatic rings. The number of hydrogen-bond donors (Lipinski definition) is 2. The molecule has 0 saturated heterocycles. The van der Waals surface area contributed by atoms with Crippen LogP contribution in [0, 0.1) is 0 Å². The van der Waals surface area contributed by atoms with Gasteiger partial charge in [0.15, 0.2) is 22.6 Å². The first-order valence-electron chi connectivity index (χ1n) is 10.4. The molecule has 0 aliphatic heterocycles. The topological polar surface area (TPSA) is 129 Å². The molecule has 0 spiro atoms. The van der Waals surface area contributed by atoms with Crippen molar-refractivity contribution < 1.29 is 9.21 Å². The maximum Gasteiger partial charge on any atom is 0.252 e. The molecule has 1 atom stereocenters. The van der Waals surface area contributed by atoms with Crippen LogP contribution in [0.25, 0.3) is 28.3 Å². The molecule has 0 radical (unpaired) electrons. The molecule has 1 aromatic carbocycles. The van der Waals surface area contributed by atoms with Crippen LogP contribution in [0.15, 0.2) is 59.3 Å². The number of rotatable bonds is 5. The van der Waals surface area contributed by atoms with Crippen molar-refractivity contribution in [3.05, 3.63) is 60.5 Å². The van der Waals surface area contributed by atoms with Crippen molar-refractivity contribution in [3.8, 4) is 11.6 Å². The first-order valence-corrected chi connectivity index (χ1v) is 10.4. The summed E-state index contributed by atoms with van der Waals surface area (Å²) in [5.41, 5.74) is 6.84. The lowest BCUT2D eigenvalue weighted by Crippen LogP contribution is -2.48. The zero-order chi connectivity index (χ0) is 21.9. The van der Waals surface area contributed by atoms with E-state index in [1.807, 2.05) is 37.3 Å². The van der Waals surface area contributed by atoms with Gasteiger partial charge in [-0.25, -0.2) is 9.67 Å². The SMILES string of the molecule is CC(C(=O)NC1CC1)(c1ccccc1)n1ncc2c1nc(N)n1nc(-c3ccco3)nc21. The zero-order valence-corrected chi connectivity index (χ0v) is 17.3. The summed E-state index contributed by atoms with van der Waals surface area (Å²) in [4.78, 5) is 22.6. The van der Waals surface area contributed by atoms with E-state index in [0.717, 1.165) is 18.4 Å². The molecule has 4 heterocycles. The number of furan rings is 1. The van der Waals surface area contributed by atoms with E-state index in [0.29, 0.717) is 28.3 Å². The molecule has 160 valence electrons. The van der Waals surface area contributed by atoms with Crippen molar-refractivity contribution in [3.63, 3.8) is 0 Å². The Morgan fingerprint density at radius 3 is 2.69 bits per heavy atom. The molecular weight excluding hydrogens is 408 g/mol. The second-order valence-corrected chi connectivity index (χ2v) is 8.10. The largest absolute Gasteiger partial charge is 0.461 e. The van der Waals surface area contributed by atoms with Gasteiger partial charge in [0.2, 0.25) is 11.8 Å². The van der Waals surface area contributed by atoms with Crippen molar-refractivity contribution >= 4 is 28.5 Å². The Morgan fingerprint density at radius 2 is 1.97 bits per heavy atom. The van der Waals surface area contributed by atoms with Crippen molar-refractivity contribution in [1.82, 2.24) is 34.7 Å². The van der Waals surface area contributed by atoms with Crippen LogP contribution in [-0.4, -0.2) is 41.3 Å². The summed E-state index contributed by atoms with van der Waals surface area (Å²) in [5, 5.41) is 12.8. The Balaban J connectivity index is 1.57. The van der Waals surface area contributed by atoms with Crippen molar-refractivity contribution in [2.45, 2.75) is 31.3 Å². The minimum absolute atomic E-state index is 0.137. The Labute approximate surface area is 182 Å². The molecule has 32 heavy (non-hydrogen) atoms. The molecule has 10 nitrogen and oxygen atoms in total. The van der Waals surface area contributed by atoms with Gasteiger partial charge in [0.1, 0.15) is 0 Å². The Bertz CT molecular complexity index is 1450. The fraction of sp³-hybridized carbons (Fsp3) is 0.227. The number of carbonyl (C=O) groups excluding carboxylic acids is 1. The van der Waals surface area contributed by atoms with Crippen LogP contribution < -0.4 is 11.1 Å². The van der Waals surface area contributed by atoms with E-state index < -0.39 is 5.54 Å². The summed E-state index contributed by atoms with van der Waals surface area (Å²) in [6, 6.07) is 13.3. The molecular formula is C22H20N8O2. The zero-order valence-electron chi connectivity index (χ0n) is 17.3. The number of nitrogen functional groups attached to an aromatic ring is 1. The Kier molecular flexibility index (Phi) is 3.85. The van der Waals surface area contributed by atoms with E-state index >= 15 is 0 Å². The van der Waals surface area contributed by atoms with Crippen LogP contribution in [0.5, 0.6) is 0 Å². The van der Waals surface area contributed by atoms with E-state index in [1.165, 1.54) is 4.52 Å². The summed E-state index contributed by atoms with van der Waals surface area (Å²) in [6.45, 7) is 1.84. The molecule has 1 fully saturated rings. The summed E-state index contributed by atoms with van der Waals surface area (Å²) in [6.07, 6.45) is 5.17. The van der Waals surface area contributed by atoms with Crippen LogP contribution in [0.3, 0.4) is 0 Å². The molecule has 4 aromatic heterocycles.